The van der Waals surface area contributed by atoms with Gasteiger partial charge < -0.3 is 9.84 Å². The lowest BCUT2D eigenvalue weighted by atomic mass is 9.97. The predicted molar refractivity (Wildman–Crippen MR) is 110 cm³/mol. The minimum Gasteiger partial charge on any atom is -0.356 e. The Bertz CT molecular complexity index is 778. The average Bonchev–Trinajstić information content (AvgIpc) is 3.11. The second kappa shape index (κ2) is 9.56. The lowest BCUT2D eigenvalue weighted by Crippen LogP contribution is -2.60. The van der Waals surface area contributed by atoms with Crippen LogP contribution < -0.4 is 5.32 Å². The summed E-state index contributed by atoms with van der Waals surface area (Å²) in [4.78, 5) is 14.9. The number of thioether (sulfide) groups is 1. The van der Waals surface area contributed by atoms with Crippen LogP contribution in [0.25, 0.3) is 11.3 Å². The molecule has 152 valence electrons. The molecule has 0 saturated carbocycles. The molecule has 1 aromatic heterocycles. The normalized spacial score (nSPS) is 20.5. The molecule has 0 spiro atoms. The Hall–Kier alpha value is -1.86. The molecule has 1 fully saturated rings. The Labute approximate surface area is 170 Å². The molecule has 1 saturated heterocycles. The van der Waals surface area contributed by atoms with Gasteiger partial charge in [0, 0.05) is 30.8 Å². The van der Waals surface area contributed by atoms with Crippen molar-refractivity contribution in [2.45, 2.75) is 45.3 Å². The van der Waals surface area contributed by atoms with E-state index in [4.69, 9.17) is 4.52 Å². The van der Waals surface area contributed by atoms with Crippen molar-refractivity contribution in [2.75, 3.05) is 18.6 Å². The Morgan fingerprint density at radius 2 is 2.11 bits per heavy atom. The van der Waals surface area contributed by atoms with E-state index in [1.54, 1.807) is 23.9 Å². The third-order valence-corrected chi connectivity index (χ3v) is 5.61. The molecule has 0 bridgehead atoms. The Morgan fingerprint density at radius 3 is 2.79 bits per heavy atom. The molecule has 3 rings (SSSR count). The number of amides is 1. The average molecular weight is 406 g/mol. The summed E-state index contributed by atoms with van der Waals surface area (Å²) in [6.45, 7) is 5.63. The fourth-order valence-corrected chi connectivity index (χ4v) is 4.08. The van der Waals surface area contributed by atoms with Gasteiger partial charge in [0.1, 0.15) is 5.82 Å². The Morgan fingerprint density at radius 1 is 1.36 bits per heavy atom. The molecule has 2 atom stereocenters. The van der Waals surface area contributed by atoms with E-state index < -0.39 is 0 Å². The van der Waals surface area contributed by atoms with Crippen molar-refractivity contribution in [3.05, 3.63) is 41.8 Å². The zero-order chi connectivity index (χ0) is 20.1. The van der Waals surface area contributed by atoms with Crippen LogP contribution in [-0.2, 0) is 11.3 Å². The number of carbonyl (C=O) groups is 1. The number of rotatable bonds is 8. The number of hydrogen-bond donors (Lipinski definition) is 1. The summed E-state index contributed by atoms with van der Waals surface area (Å²) in [5, 5.41) is 7.37. The molecule has 1 N–H and O–H groups in total. The Balaban J connectivity index is 1.74. The number of nitrogens with one attached hydrogen (secondary N) is 1. The van der Waals surface area contributed by atoms with Crippen LogP contribution in [0, 0.1) is 11.7 Å². The van der Waals surface area contributed by atoms with Crippen molar-refractivity contribution >= 4 is 17.7 Å². The smallest absolute Gasteiger partial charge is 0.237 e. The first-order chi connectivity index (χ1) is 13.5. The summed E-state index contributed by atoms with van der Waals surface area (Å²) in [5.74, 6) is 1.87. The van der Waals surface area contributed by atoms with Crippen molar-refractivity contribution in [1.29, 1.82) is 0 Å². The first-order valence-corrected chi connectivity index (χ1v) is 11.1. The van der Waals surface area contributed by atoms with Crippen molar-refractivity contribution in [1.82, 2.24) is 15.4 Å². The number of halogens is 1. The van der Waals surface area contributed by atoms with Gasteiger partial charge in [-0.1, -0.05) is 19.0 Å². The molecule has 1 amide bonds. The standard InChI is InChI=1S/C21H28FN3O2S/c1-14(2)10-19-21(26)23-17(8-9-28-3)12-25(19)13-18-11-20(27-24-18)15-4-6-16(22)7-5-15/h4-7,11,14,17,19H,8-10,12-13H2,1-3H3,(H,23,26)/t17?,19-/m0/s1. The number of carbonyl (C=O) groups excluding carboxylic acids is 1. The maximum absolute atomic E-state index is 13.1. The third kappa shape index (κ3) is 5.35. The van der Waals surface area contributed by atoms with E-state index in [1.165, 1.54) is 12.1 Å². The van der Waals surface area contributed by atoms with Crippen LogP contribution in [0.1, 0.15) is 32.4 Å². The van der Waals surface area contributed by atoms with Gasteiger partial charge in [-0.2, -0.15) is 11.8 Å². The van der Waals surface area contributed by atoms with E-state index in [2.05, 4.69) is 35.5 Å². The molecule has 7 heteroatoms. The van der Waals surface area contributed by atoms with Crippen LogP contribution >= 0.6 is 11.8 Å². The first-order valence-electron chi connectivity index (χ1n) is 9.71. The maximum Gasteiger partial charge on any atom is 0.237 e. The molecule has 1 aromatic carbocycles. The van der Waals surface area contributed by atoms with Crippen molar-refractivity contribution < 1.29 is 13.7 Å². The minimum atomic E-state index is -0.282. The number of piperazine rings is 1. The molecule has 28 heavy (non-hydrogen) atoms. The van der Waals surface area contributed by atoms with Crippen LogP contribution in [-0.4, -0.2) is 46.6 Å². The fraction of sp³-hybridized carbons (Fsp3) is 0.524. The summed E-state index contributed by atoms with van der Waals surface area (Å²) >= 11 is 1.79. The Kier molecular flexibility index (Phi) is 7.13. The lowest BCUT2D eigenvalue weighted by molar-refractivity contribution is -0.131. The topological polar surface area (TPSA) is 58.4 Å². The zero-order valence-electron chi connectivity index (χ0n) is 16.7. The van der Waals surface area contributed by atoms with Gasteiger partial charge in [0.2, 0.25) is 5.91 Å². The van der Waals surface area contributed by atoms with Gasteiger partial charge in [-0.25, -0.2) is 4.39 Å². The molecular weight excluding hydrogens is 377 g/mol. The second-order valence-electron chi connectivity index (χ2n) is 7.75. The number of aromatic nitrogens is 1. The summed E-state index contributed by atoms with van der Waals surface area (Å²) in [6.07, 6.45) is 3.84. The largest absolute Gasteiger partial charge is 0.356 e. The lowest BCUT2D eigenvalue weighted by Gasteiger charge is -2.39. The van der Waals surface area contributed by atoms with E-state index >= 15 is 0 Å². The monoisotopic (exact) mass is 405 g/mol. The van der Waals surface area contributed by atoms with E-state index in [-0.39, 0.29) is 23.8 Å². The molecule has 0 aliphatic carbocycles. The molecule has 2 aromatic rings. The molecule has 0 radical (unpaired) electrons. The van der Waals surface area contributed by atoms with Gasteiger partial charge in [-0.05, 0) is 55.0 Å². The first kappa shape index (κ1) is 20.9. The highest BCUT2D eigenvalue weighted by molar-refractivity contribution is 7.98. The second-order valence-corrected chi connectivity index (χ2v) is 8.74. The minimum absolute atomic E-state index is 0.105. The number of hydrogen-bond acceptors (Lipinski definition) is 5. The van der Waals surface area contributed by atoms with Gasteiger partial charge in [0.15, 0.2) is 5.76 Å². The van der Waals surface area contributed by atoms with Gasteiger partial charge in [-0.3, -0.25) is 9.69 Å². The number of nitrogens with zero attached hydrogens (tertiary/aromatic N) is 2. The quantitative estimate of drug-likeness (QED) is 0.721. The summed E-state index contributed by atoms with van der Waals surface area (Å²) in [7, 11) is 0. The van der Waals surface area contributed by atoms with Crippen LogP contribution in [0.3, 0.4) is 0 Å². The molecule has 1 unspecified atom stereocenters. The summed E-state index contributed by atoms with van der Waals surface area (Å²) in [6, 6.07) is 8.04. The highest BCUT2D eigenvalue weighted by Gasteiger charge is 2.35. The molecule has 5 nitrogen and oxygen atoms in total. The van der Waals surface area contributed by atoms with Crippen molar-refractivity contribution in [3.63, 3.8) is 0 Å². The predicted octanol–water partition coefficient (Wildman–Crippen LogP) is 3.95. The van der Waals surface area contributed by atoms with Crippen LogP contribution in [0.2, 0.25) is 0 Å². The van der Waals surface area contributed by atoms with E-state index in [1.807, 2.05) is 6.07 Å². The van der Waals surface area contributed by atoms with Crippen LogP contribution in [0.4, 0.5) is 4.39 Å². The SMILES string of the molecule is CSCCC1CN(Cc2cc(-c3ccc(F)cc3)on2)[C@@H](CC(C)C)C(=O)N1. The van der Waals surface area contributed by atoms with E-state index in [0.717, 1.165) is 36.4 Å². The molecule has 2 heterocycles. The van der Waals surface area contributed by atoms with E-state index in [0.29, 0.717) is 18.2 Å². The van der Waals surface area contributed by atoms with Crippen molar-refractivity contribution in [3.8, 4) is 11.3 Å². The van der Waals surface area contributed by atoms with Crippen LogP contribution in [0.15, 0.2) is 34.9 Å². The third-order valence-electron chi connectivity index (χ3n) is 4.96. The molecule has 1 aliphatic rings. The fourth-order valence-electron chi connectivity index (χ4n) is 3.56. The molecular formula is C21H28FN3O2S. The number of benzene rings is 1. The summed E-state index contributed by atoms with van der Waals surface area (Å²) in [5.41, 5.74) is 1.57. The molecule has 1 aliphatic heterocycles. The highest BCUT2D eigenvalue weighted by Crippen LogP contribution is 2.24. The van der Waals surface area contributed by atoms with Crippen molar-refractivity contribution in [2.24, 2.45) is 5.92 Å². The van der Waals surface area contributed by atoms with Crippen LogP contribution in [0.5, 0.6) is 0 Å². The summed E-state index contributed by atoms with van der Waals surface area (Å²) < 4.78 is 18.6. The van der Waals surface area contributed by atoms with Gasteiger partial charge in [0.05, 0.1) is 11.7 Å². The maximum atomic E-state index is 13.1. The van der Waals surface area contributed by atoms with E-state index in [9.17, 15) is 9.18 Å². The highest BCUT2D eigenvalue weighted by atomic mass is 32.2. The van der Waals surface area contributed by atoms with Gasteiger partial charge in [-0.15, -0.1) is 0 Å². The zero-order valence-corrected chi connectivity index (χ0v) is 17.5. The van der Waals surface area contributed by atoms with Gasteiger partial charge >= 0.3 is 0 Å². The van der Waals surface area contributed by atoms with Gasteiger partial charge in [0.25, 0.3) is 0 Å².